The Kier molecular flexibility index (Phi) is 4.53. The van der Waals surface area contributed by atoms with Gasteiger partial charge in [0.25, 0.3) is 0 Å². The van der Waals surface area contributed by atoms with Gasteiger partial charge in [-0.25, -0.2) is 9.18 Å². The molecule has 0 bridgehead atoms. The number of carboxylic acids is 1. The molecule has 0 heterocycles. The first-order chi connectivity index (χ1) is 8.10. The van der Waals surface area contributed by atoms with E-state index in [0.29, 0.717) is 18.8 Å². The van der Waals surface area contributed by atoms with Gasteiger partial charge < -0.3 is 10.0 Å². The number of nitrogens with zero attached hydrogens (tertiary/aromatic N) is 1. The fourth-order valence-corrected chi connectivity index (χ4v) is 1.62. The normalized spacial score (nSPS) is 9.71. The van der Waals surface area contributed by atoms with Crippen LogP contribution in [0.1, 0.15) is 23.7 Å². The maximum absolute atomic E-state index is 13.0. The molecule has 0 aliphatic carbocycles. The first kappa shape index (κ1) is 13.0. The lowest BCUT2D eigenvalue weighted by Gasteiger charge is -2.23. The summed E-state index contributed by atoms with van der Waals surface area (Å²) in [5, 5.41) is 9.03. The molecule has 0 saturated carbocycles. The summed E-state index contributed by atoms with van der Waals surface area (Å²) in [6, 6.07) is 3.70. The Balaban J connectivity index is 3.18. The summed E-state index contributed by atoms with van der Waals surface area (Å²) >= 11 is 0. The number of terminal acetylenes is 1. The third-order valence-electron chi connectivity index (χ3n) is 2.31. The molecule has 0 amide bonds. The smallest absolute Gasteiger partial charge is 0.337 e. The van der Waals surface area contributed by atoms with E-state index in [4.69, 9.17) is 11.5 Å². The predicted molar refractivity (Wildman–Crippen MR) is 64.7 cm³/mol. The molecule has 1 rings (SSSR count). The average molecular weight is 235 g/mol. The molecule has 17 heavy (non-hydrogen) atoms. The van der Waals surface area contributed by atoms with E-state index >= 15 is 0 Å². The molecule has 3 nitrogen and oxygen atoms in total. The van der Waals surface area contributed by atoms with Crippen molar-refractivity contribution in [2.24, 2.45) is 0 Å². The lowest BCUT2D eigenvalue weighted by atomic mass is 10.1. The molecule has 0 unspecified atom stereocenters. The van der Waals surface area contributed by atoms with Crippen LogP contribution in [0.3, 0.4) is 0 Å². The molecule has 1 aromatic carbocycles. The monoisotopic (exact) mass is 235 g/mol. The number of hydrogen-bond donors (Lipinski definition) is 1. The van der Waals surface area contributed by atoms with E-state index in [9.17, 15) is 9.18 Å². The standard InChI is InChI=1S/C13H14FNO2/c1-3-7-15(8-4-2)12-6-5-10(14)9-11(12)13(16)17/h1,5-6,9H,4,7-8H2,2H3,(H,16,17). The second kappa shape index (κ2) is 5.90. The Morgan fingerprint density at radius 3 is 2.82 bits per heavy atom. The Labute approximate surface area is 99.9 Å². The van der Waals surface area contributed by atoms with Gasteiger partial charge in [-0.15, -0.1) is 6.42 Å². The number of benzene rings is 1. The van der Waals surface area contributed by atoms with E-state index in [1.807, 2.05) is 6.92 Å². The van der Waals surface area contributed by atoms with Gasteiger partial charge in [-0.1, -0.05) is 12.8 Å². The third-order valence-corrected chi connectivity index (χ3v) is 2.31. The van der Waals surface area contributed by atoms with Crippen LogP contribution in [0.2, 0.25) is 0 Å². The second-order valence-electron chi connectivity index (χ2n) is 3.59. The van der Waals surface area contributed by atoms with E-state index in [1.54, 1.807) is 4.90 Å². The summed E-state index contributed by atoms with van der Waals surface area (Å²) in [4.78, 5) is 12.8. The molecule has 1 N–H and O–H groups in total. The van der Waals surface area contributed by atoms with Crippen molar-refractivity contribution in [3.63, 3.8) is 0 Å². The highest BCUT2D eigenvalue weighted by Gasteiger charge is 2.15. The third kappa shape index (κ3) is 3.22. The highest BCUT2D eigenvalue weighted by atomic mass is 19.1. The highest BCUT2D eigenvalue weighted by molar-refractivity contribution is 5.94. The van der Waals surface area contributed by atoms with Crippen LogP contribution in [-0.2, 0) is 0 Å². The number of carbonyl (C=O) groups is 1. The van der Waals surface area contributed by atoms with Crippen molar-refractivity contribution in [3.05, 3.63) is 29.6 Å². The molecule has 0 saturated heterocycles. The summed E-state index contributed by atoms with van der Waals surface area (Å²) in [5.41, 5.74) is 0.396. The summed E-state index contributed by atoms with van der Waals surface area (Å²) in [6.07, 6.45) is 6.07. The highest BCUT2D eigenvalue weighted by Crippen LogP contribution is 2.22. The van der Waals surface area contributed by atoms with Crippen molar-refractivity contribution in [2.45, 2.75) is 13.3 Å². The SMILES string of the molecule is C#CCN(CCC)c1ccc(F)cc1C(=O)O. The number of rotatable bonds is 5. The van der Waals surface area contributed by atoms with Gasteiger partial charge in [0, 0.05) is 6.54 Å². The van der Waals surface area contributed by atoms with Crippen LogP contribution < -0.4 is 4.90 Å². The van der Waals surface area contributed by atoms with Crippen LogP contribution in [0, 0.1) is 18.2 Å². The molecule has 0 atom stereocenters. The lowest BCUT2D eigenvalue weighted by Crippen LogP contribution is -2.26. The lowest BCUT2D eigenvalue weighted by molar-refractivity contribution is 0.0697. The van der Waals surface area contributed by atoms with Gasteiger partial charge in [-0.2, -0.15) is 0 Å². The zero-order chi connectivity index (χ0) is 12.8. The van der Waals surface area contributed by atoms with E-state index < -0.39 is 11.8 Å². The fourth-order valence-electron chi connectivity index (χ4n) is 1.62. The van der Waals surface area contributed by atoms with Crippen LogP contribution in [-0.4, -0.2) is 24.2 Å². The molecule has 0 radical (unpaired) electrons. The van der Waals surface area contributed by atoms with E-state index in [-0.39, 0.29) is 5.56 Å². The minimum absolute atomic E-state index is 0.0614. The largest absolute Gasteiger partial charge is 0.478 e. The van der Waals surface area contributed by atoms with Gasteiger partial charge in [0.05, 0.1) is 17.8 Å². The van der Waals surface area contributed by atoms with E-state index in [0.717, 1.165) is 12.5 Å². The summed E-state index contributed by atoms with van der Waals surface area (Å²) in [6.45, 7) is 2.91. The van der Waals surface area contributed by atoms with Crippen molar-refractivity contribution < 1.29 is 14.3 Å². The second-order valence-corrected chi connectivity index (χ2v) is 3.59. The van der Waals surface area contributed by atoms with Crippen LogP contribution in [0.4, 0.5) is 10.1 Å². The molecule has 0 spiro atoms. The number of hydrogen-bond acceptors (Lipinski definition) is 2. The molecule has 0 fully saturated rings. The molecule has 0 aromatic heterocycles. The van der Waals surface area contributed by atoms with Crippen molar-refractivity contribution in [3.8, 4) is 12.3 Å². The quantitative estimate of drug-likeness (QED) is 0.796. The minimum Gasteiger partial charge on any atom is -0.478 e. The Morgan fingerprint density at radius 1 is 1.59 bits per heavy atom. The summed E-state index contributed by atoms with van der Waals surface area (Å²) < 4.78 is 13.0. The van der Waals surface area contributed by atoms with Gasteiger partial charge in [-0.3, -0.25) is 0 Å². The van der Waals surface area contributed by atoms with E-state index in [2.05, 4.69) is 5.92 Å². The molecular weight excluding hydrogens is 221 g/mol. The molecule has 0 aliphatic rings. The van der Waals surface area contributed by atoms with Crippen molar-refractivity contribution in [1.82, 2.24) is 0 Å². The molecule has 0 aliphatic heterocycles. The van der Waals surface area contributed by atoms with Crippen LogP contribution in [0.5, 0.6) is 0 Å². The minimum atomic E-state index is -1.15. The Morgan fingerprint density at radius 2 is 2.29 bits per heavy atom. The number of carboxylic acid groups (broad SMARTS) is 1. The molecule has 90 valence electrons. The topological polar surface area (TPSA) is 40.5 Å². The Bertz CT molecular complexity index is 451. The zero-order valence-corrected chi connectivity index (χ0v) is 9.61. The van der Waals surface area contributed by atoms with Gasteiger partial charge in [0.2, 0.25) is 0 Å². The van der Waals surface area contributed by atoms with Gasteiger partial charge in [0.15, 0.2) is 0 Å². The maximum atomic E-state index is 13.0. The first-order valence-corrected chi connectivity index (χ1v) is 5.31. The van der Waals surface area contributed by atoms with Crippen molar-refractivity contribution >= 4 is 11.7 Å². The molecular formula is C13H14FNO2. The van der Waals surface area contributed by atoms with Gasteiger partial charge in [0.1, 0.15) is 5.82 Å². The number of anilines is 1. The fraction of sp³-hybridized carbons (Fsp3) is 0.308. The Hall–Kier alpha value is -2.02. The van der Waals surface area contributed by atoms with Crippen LogP contribution in [0.15, 0.2) is 18.2 Å². The predicted octanol–water partition coefficient (Wildman–Crippen LogP) is 2.37. The average Bonchev–Trinajstić information content (AvgIpc) is 2.28. The van der Waals surface area contributed by atoms with Crippen LogP contribution in [0.25, 0.3) is 0 Å². The molecule has 4 heteroatoms. The van der Waals surface area contributed by atoms with Crippen molar-refractivity contribution in [1.29, 1.82) is 0 Å². The number of aromatic carboxylic acids is 1. The van der Waals surface area contributed by atoms with Crippen molar-refractivity contribution in [2.75, 3.05) is 18.0 Å². The first-order valence-electron chi connectivity index (χ1n) is 5.31. The molecule has 1 aromatic rings. The van der Waals surface area contributed by atoms with Crippen LogP contribution >= 0.6 is 0 Å². The summed E-state index contributed by atoms with van der Waals surface area (Å²) in [7, 11) is 0. The maximum Gasteiger partial charge on any atom is 0.337 e. The summed E-state index contributed by atoms with van der Waals surface area (Å²) in [5.74, 6) is 0.750. The van der Waals surface area contributed by atoms with Gasteiger partial charge in [-0.05, 0) is 24.6 Å². The number of halogens is 1. The van der Waals surface area contributed by atoms with E-state index in [1.165, 1.54) is 12.1 Å². The zero-order valence-electron chi connectivity index (χ0n) is 9.61. The van der Waals surface area contributed by atoms with Gasteiger partial charge >= 0.3 is 5.97 Å².